The summed E-state index contributed by atoms with van der Waals surface area (Å²) in [5, 5.41) is 24.3. The normalized spacial score (nSPS) is 14.2. The molecule has 1 aromatic carbocycles. The second kappa shape index (κ2) is 8.93. The Labute approximate surface area is 180 Å². The van der Waals surface area contributed by atoms with E-state index in [1.807, 2.05) is 37.3 Å². The lowest BCUT2D eigenvalue weighted by atomic mass is 10.1. The number of carbonyl (C=O) groups excluding carboxylic acids is 1. The zero-order valence-corrected chi connectivity index (χ0v) is 18.0. The molecule has 0 radical (unpaired) electrons. The second-order valence-electron chi connectivity index (χ2n) is 7.96. The van der Waals surface area contributed by atoms with Gasteiger partial charge in [-0.3, -0.25) is 9.20 Å². The summed E-state index contributed by atoms with van der Waals surface area (Å²) >= 11 is 0. The lowest BCUT2D eigenvalue weighted by Gasteiger charge is -2.19. The van der Waals surface area contributed by atoms with Gasteiger partial charge < -0.3 is 25.2 Å². The summed E-state index contributed by atoms with van der Waals surface area (Å²) < 4.78 is 13.4. The third kappa shape index (κ3) is 4.34. The number of aryl methyl sites for hydroxylation is 1. The van der Waals surface area contributed by atoms with Crippen LogP contribution >= 0.6 is 0 Å². The van der Waals surface area contributed by atoms with Crippen LogP contribution in [0.25, 0.3) is 16.7 Å². The molecule has 0 aliphatic carbocycles. The molecule has 1 aliphatic heterocycles. The van der Waals surface area contributed by atoms with E-state index in [0.717, 1.165) is 29.7 Å². The molecule has 31 heavy (non-hydrogen) atoms. The van der Waals surface area contributed by atoms with Gasteiger partial charge in [0.1, 0.15) is 25.1 Å². The highest BCUT2D eigenvalue weighted by Gasteiger charge is 2.19. The summed E-state index contributed by atoms with van der Waals surface area (Å²) in [6.45, 7) is 7.73. The smallest absolute Gasteiger partial charge is 0.249 e. The number of nitrogens with zero attached hydrogens (tertiary/aromatic N) is 4. The number of amides is 1. The van der Waals surface area contributed by atoms with Crippen molar-refractivity contribution in [1.29, 1.82) is 0 Å². The van der Waals surface area contributed by atoms with Gasteiger partial charge in [-0.05, 0) is 25.7 Å². The predicted molar refractivity (Wildman–Crippen MR) is 116 cm³/mol. The molecule has 2 aromatic heterocycles. The van der Waals surface area contributed by atoms with Crippen LogP contribution in [0.1, 0.15) is 32.5 Å². The van der Waals surface area contributed by atoms with Crippen molar-refractivity contribution in [3.8, 4) is 11.5 Å². The SMILES string of the molecule is Cc1nnc2c(NCCCCNC(=O)C(O)C(C)C)nc3cc4c(cc3n12)OCCO4. The third-order valence-corrected chi connectivity index (χ3v) is 5.24. The Kier molecular flexibility index (Phi) is 6.08. The van der Waals surface area contributed by atoms with E-state index in [4.69, 9.17) is 14.5 Å². The Balaban J connectivity index is 1.43. The summed E-state index contributed by atoms with van der Waals surface area (Å²) in [5.41, 5.74) is 2.27. The van der Waals surface area contributed by atoms with Gasteiger partial charge in [0.15, 0.2) is 17.3 Å². The van der Waals surface area contributed by atoms with Gasteiger partial charge in [0.05, 0.1) is 11.0 Å². The van der Waals surface area contributed by atoms with Crippen LogP contribution in [-0.4, -0.2) is 63.0 Å². The van der Waals surface area contributed by atoms with E-state index in [2.05, 4.69) is 20.8 Å². The molecule has 166 valence electrons. The largest absolute Gasteiger partial charge is 0.486 e. The molecular formula is C21H28N6O4. The fourth-order valence-corrected chi connectivity index (χ4v) is 3.50. The molecule has 0 saturated carbocycles. The second-order valence-corrected chi connectivity index (χ2v) is 7.96. The van der Waals surface area contributed by atoms with Crippen molar-refractivity contribution >= 4 is 28.4 Å². The number of rotatable bonds is 8. The minimum absolute atomic E-state index is 0.0998. The number of nitrogens with one attached hydrogen (secondary N) is 2. The molecule has 4 rings (SSSR count). The Bertz CT molecular complexity index is 1100. The number of aliphatic hydroxyl groups excluding tert-OH is 1. The molecule has 10 heteroatoms. The van der Waals surface area contributed by atoms with Crippen LogP contribution in [0.15, 0.2) is 12.1 Å². The lowest BCUT2D eigenvalue weighted by molar-refractivity contribution is -0.131. The van der Waals surface area contributed by atoms with Crippen molar-refractivity contribution in [1.82, 2.24) is 24.9 Å². The molecule has 1 unspecified atom stereocenters. The number of hydrogen-bond donors (Lipinski definition) is 3. The van der Waals surface area contributed by atoms with Crippen molar-refractivity contribution in [2.45, 2.75) is 39.7 Å². The molecule has 10 nitrogen and oxygen atoms in total. The van der Waals surface area contributed by atoms with E-state index in [1.165, 1.54) is 0 Å². The summed E-state index contributed by atoms with van der Waals surface area (Å²) in [6.07, 6.45) is 0.625. The number of ether oxygens (including phenoxy) is 2. The van der Waals surface area contributed by atoms with Gasteiger partial charge in [0.25, 0.3) is 0 Å². The maximum Gasteiger partial charge on any atom is 0.249 e. The van der Waals surface area contributed by atoms with Gasteiger partial charge in [-0.25, -0.2) is 4.98 Å². The molecule has 1 aliphatic rings. The van der Waals surface area contributed by atoms with Crippen molar-refractivity contribution in [3.63, 3.8) is 0 Å². The summed E-state index contributed by atoms with van der Waals surface area (Å²) in [5.74, 6) is 2.35. The molecule has 3 N–H and O–H groups in total. The zero-order chi connectivity index (χ0) is 22.0. The number of fused-ring (bicyclic) bond motifs is 4. The topological polar surface area (TPSA) is 123 Å². The molecule has 0 spiro atoms. The van der Waals surface area contributed by atoms with Crippen molar-refractivity contribution < 1.29 is 19.4 Å². The molecule has 1 atom stereocenters. The van der Waals surface area contributed by atoms with Crippen LogP contribution in [-0.2, 0) is 4.79 Å². The quantitative estimate of drug-likeness (QED) is 0.463. The van der Waals surface area contributed by atoms with Crippen molar-refractivity contribution in [3.05, 3.63) is 18.0 Å². The molecule has 1 amide bonds. The Morgan fingerprint density at radius 3 is 2.61 bits per heavy atom. The fraction of sp³-hybridized carbons (Fsp3) is 0.524. The van der Waals surface area contributed by atoms with E-state index in [-0.39, 0.29) is 11.8 Å². The van der Waals surface area contributed by atoms with Gasteiger partial charge in [-0.1, -0.05) is 13.8 Å². The first kappa shape index (κ1) is 21.1. The van der Waals surface area contributed by atoms with E-state index < -0.39 is 6.10 Å². The van der Waals surface area contributed by atoms with Gasteiger partial charge in [-0.2, -0.15) is 0 Å². The van der Waals surface area contributed by atoms with Gasteiger partial charge in [-0.15, -0.1) is 10.2 Å². The molecular weight excluding hydrogens is 400 g/mol. The number of hydrogen-bond acceptors (Lipinski definition) is 8. The first-order valence-corrected chi connectivity index (χ1v) is 10.6. The minimum atomic E-state index is -0.968. The molecule has 3 heterocycles. The molecule has 0 saturated heterocycles. The van der Waals surface area contributed by atoms with Gasteiger partial charge in [0.2, 0.25) is 11.6 Å². The zero-order valence-electron chi connectivity index (χ0n) is 18.0. The number of unbranched alkanes of at least 4 members (excludes halogenated alkanes) is 1. The van der Waals surface area contributed by atoms with Gasteiger partial charge >= 0.3 is 0 Å². The highest BCUT2D eigenvalue weighted by Crippen LogP contribution is 2.35. The van der Waals surface area contributed by atoms with Crippen LogP contribution < -0.4 is 20.1 Å². The molecule has 0 fully saturated rings. The van der Waals surface area contributed by atoms with Crippen LogP contribution in [0, 0.1) is 12.8 Å². The average molecular weight is 428 g/mol. The first-order valence-electron chi connectivity index (χ1n) is 10.6. The number of carbonyl (C=O) groups is 1. The van der Waals surface area contributed by atoms with Crippen LogP contribution in [0.2, 0.25) is 0 Å². The third-order valence-electron chi connectivity index (χ3n) is 5.24. The van der Waals surface area contributed by atoms with Gasteiger partial charge in [0, 0.05) is 25.2 Å². The average Bonchev–Trinajstić information content (AvgIpc) is 3.16. The summed E-state index contributed by atoms with van der Waals surface area (Å²) in [7, 11) is 0. The summed E-state index contributed by atoms with van der Waals surface area (Å²) in [4.78, 5) is 16.5. The van der Waals surface area contributed by atoms with Crippen LogP contribution in [0.3, 0.4) is 0 Å². The highest BCUT2D eigenvalue weighted by atomic mass is 16.6. The molecule has 3 aromatic rings. The molecule has 0 bridgehead atoms. The maximum atomic E-state index is 11.8. The van der Waals surface area contributed by atoms with Crippen LogP contribution in [0.4, 0.5) is 5.82 Å². The van der Waals surface area contributed by atoms with Crippen molar-refractivity contribution in [2.24, 2.45) is 5.92 Å². The first-order chi connectivity index (χ1) is 15.0. The Morgan fingerprint density at radius 1 is 1.16 bits per heavy atom. The fourth-order valence-electron chi connectivity index (χ4n) is 3.50. The monoisotopic (exact) mass is 428 g/mol. The number of aliphatic hydroxyl groups is 1. The minimum Gasteiger partial charge on any atom is -0.486 e. The lowest BCUT2D eigenvalue weighted by Crippen LogP contribution is -2.38. The predicted octanol–water partition coefficient (Wildman–Crippen LogP) is 1.68. The van der Waals surface area contributed by atoms with Crippen molar-refractivity contribution in [2.75, 3.05) is 31.6 Å². The number of anilines is 1. The van der Waals surface area contributed by atoms with E-state index >= 15 is 0 Å². The maximum absolute atomic E-state index is 11.8. The summed E-state index contributed by atoms with van der Waals surface area (Å²) in [6, 6.07) is 3.79. The highest BCUT2D eigenvalue weighted by molar-refractivity contribution is 5.86. The van der Waals surface area contributed by atoms with E-state index in [9.17, 15) is 9.90 Å². The Morgan fingerprint density at radius 2 is 1.87 bits per heavy atom. The number of aromatic nitrogens is 4. The number of benzene rings is 1. The Hall–Kier alpha value is -3.14. The standard InChI is InChI=1S/C21H28N6O4/c1-12(2)18(28)21(29)23-7-5-4-6-22-19-20-26-25-13(3)27(20)15-11-17-16(10-14(15)24-19)30-8-9-31-17/h10-12,18,28H,4-9H2,1-3H3,(H,22,24)(H,23,29). The van der Waals surface area contributed by atoms with E-state index in [0.29, 0.717) is 49.3 Å². The van der Waals surface area contributed by atoms with E-state index in [1.54, 1.807) is 0 Å². The van der Waals surface area contributed by atoms with Crippen LogP contribution in [0.5, 0.6) is 11.5 Å².